The molecule has 0 radical (unpaired) electrons. The summed E-state index contributed by atoms with van der Waals surface area (Å²) in [6.45, 7) is 3.45. The summed E-state index contributed by atoms with van der Waals surface area (Å²) in [6, 6.07) is 7.30. The van der Waals surface area contributed by atoms with Gasteiger partial charge in [-0.25, -0.2) is 13.1 Å². The van der Waals surface area contributed by atoms with Gasteiger partial charge in [-0.2, -0.15) is 0 Å². The molecule has 0 unspecified atom stereocenters. The molecule has 1 rings (SSSR count). The van der Waals surface area contributed by atoms with Crippen LogP contribution in [-0.4, -0.2) is 20.2 Å². The minimum Gasteiger partial charge on any atom is -0.212 e. The number of hydrogen-bond donors (Lipinski definition) is 1. The van der Waals surface area contributed by atoms with Gasteiger partial charge in [-0.3, -0.25) is 0 Å². The summed E-state index contributed by atoms with van der Waals surface area (Å²) in [7, 11) is -3.14. The van der Waals surface area contributed by atoms with E-state index < -0.39 is 10.0 Å². The van der Waals surface area contributed by atoms with Crippen LogP contribution in [0.4, 0.5) is 0 Å². The van der Waals surface area contributed by atoms with Crippen LogP contribution in [0.15, 0.2) is 24.3 Å². The average Bonchev–Trinajstić information content (AvgIpc) is 2.21. The molecule has 0 fully saturated rings. The second-order valence-electron chi connectivity index (χ2n) is 3.72. The molecule has 0 amide bonds. The van der Waals surface area contributed by atoms with Gasteiger partial charge in [-0.1, -0.05) is 29.8 Å². The predicted molar refractivity (Wildman–Crippen MR) is 67.2 cm³/mol. The highest BCUT2D eigenvalue weighted by atomic mass is 35.5. The minimum atomic E-state index is -3.14. The summed E-state index contributed by atoms with van der Waals surface area (Å²) in [4.78, 5) is 0. The second-order valence-corrected chi connectivity index (χ2v) is 6.17. The Bertz CT molecular complexity index is 445. The highest BCUT2D eigenvalue weighted by Crippen LogP contribution is 2.16. The molecule has 1 atom stereocenters. The maximum Gasteiger partial charge on any atom is 0.211 e. The van der Waals surface area contributed by atoms with E-state index in [-0.39, 0.29) is 11.8 Å². The highest BCUT2D eigenvalue weighted by Gasteiger charge is 2.13. The molecule has 0 saturated carbocycles. The minimum absolute atomic E-state index is 0.0971. The van der Waals surface area contributed by atoms with Crippen molar-refractivity contribution in [3.05, 3.63) is 34.9 Å². The van der Waals surface area contributed by atoms with E-state index in [1.165, 1.54) is 0 Å². The van der Waals surface area contributed by atoms with Gasteiger partial charge >= 0.3 is 0 Å². The highest BCUT2D eigenvalue weighted by molar-refractivity contribution is 7.89. The molecule has 90 valence electrons. The van der Waals surface area contributed by atoms with E-state index in [1.54, 1.807) is 13.0 Å². The number of hydrogen-bond acceptors (Lipinski definition) is 2. The second kappa shape index (κ2) is 5.66. The van der Waals surface area contributed by atoms with E-state index in [4.69, 9.17) is 11.6 Å². The summed E-state index contributed by atoms with van der Waals surface area (Å²) < 4.78 is 25.3. The first-order valence-electron chi connectivity index (χ1n) is 5.18. The fraction of sp³-hybridized carbons (Fsp3) is 0.455. The van der Waals surface area contributed by atoms with Gasteiger partial charge in [0.2, 0.25) is 10.0 Å². The van der Waals surface area contributed by atoms with E-state index >= 15 is 0 Å². The molecule has 0 heterocycles. The molecule has 1 aromatic carbocycles. The third-order valence-corrected chi connectivity index (χ3v) is 4.14. The first-order valence-corrected chi connectivity index (χ1v) is 7.21. The van der Waals surface area contributed by atoms with Gasteiger partial charge in [0, 0.05) is 11.1 Å². The third kappa shape index (κ3) is 4.12. The zero-order chi connectivity index (χ0) is 12.2. The van der Waals surface area contributed by atoms with Crippen LogP contribution >= 0.6 is 11.6 Å². The molecular weight excluding hydrogens is 246 g/mol. The lowest BCUT2D eigenvalue weighted by molar-refractivity contribution is 0.561. The molecule has 0 saturated heterocycles. The van der Waals surface area contributed by atoms with Crippen LogP contribution in [0.2, 0.25) is 5.02 Å². The largest absolute Gasteiger partial charge is 0.212 e. The molecular formula is C11H16ClNO2S. The lowest BCUT2D eigenvalue weighted by Crippen LogP contribution is -2.35. The number of sulfonamides is 1. The first-order chi connectivity index (χ1) is 7.44. The van der Waals surface area contributed by atoms with Gasteiger partial charge in [-0.15, -0.1) is 0 Å². The Kier molecular flexibility index (Phi) is 4.77. The summed E-state index contributed by atoms with van der Waals surface area (Å²) in [5.74, 6) is 0.0971. The van der Waals surface area contributed by atoms with Crippen LogP contribution < -0.4 is 4.72 Å². The van der Waals surface area contributed by atoms with Crippen LogP contribution in [0.25, 0.3) is 0 Å². The van der Waals surface area contributed by atoms with E-state index in [1.807, 2.05) is 25.1 Å². The number of nitrogens with one attached hydrogen (secondary N) is 1. The fourth-order valence-corrected chi connectivity index (χ4v) is 2.50. The van der Waals surface area contributed by atoms with E-state index in [2.05, 4.69) is 4.72 Å². The van der Waals surface area contributed by atoms with Crippen LogP contribution in [0.5, 0.6) is 0 Å². The van der Waals surface area contributed by atoms with Crippen LogP contribution in [0, 0.1) is 0 Å². The van der Waals surface area contributed by atoms with E-state index in [0.29, 0.717) is 11.4 Å². The van der Waals surface area contributed by atoms with E-state index in [9.17, 15) is 8.42 Å². The maximum absolute atomic E-state index is 11.3. The molecule has 1 aromatic rings. The molecule has 0 spiro atoms. The van der Waals surface area contributed by atoms with Gasteiger partial charge in [0.25, 0.3) is 0 Å². The van der Waals surface area contributed by atoms with Crippen molar-refractivity contribution in [2.45, 2.75) is 26.3 Å². The maximum atomic E-state index is 11.3. The van der Waals surface area contributed by atoms with Crippen molar-refractivity contribution in [3.63, 3.8) is 0 Å². The fourth-order valence-electron chi connectivity index (χ4n) is 1.43. The van der Waals surface area contributed by atoms with Gasteiger partial charge < -0.3 is 0 Å². The van der Waals surface area contributed by atoms with Gasteiger partial charge in [0.15, 0.2) is 0 Å². The lowest BCUT2D eigenvalue weighted by Gasteiger charge is -2.14. The normalized spacial score (nSPS) is 13.7. The topological polar surface area (TPSA) is 46.2 Å². The van der Waals surface area contributed by atoms with Crippen molar-refractivity contribution < 1.29 is 8.42 Å². The van der Waals surface area contributed by atoms with Gasteiger partial charge in [0.1, 0.15) is 0 Å². The Hall–Kier alpha value is -0.580. The van der Waals surface area contributed by atoms with Crippen LogP contribution in [0.1, 0.15) is 19.4 Å². The Labute approximate surface area is 102 Å². The summed E-state index contributed by atoms with van der Waals surface area (Å²) >= 11 is 6.00. The zero-order valence-corrected chi connectivity index (χ0v) is 11.0. The van der Waals surface area contributed by atoms with Crippen molar-refractivity contribution in [1.82, 2.24) is 4.72 Å². The lowest BCUT2D eigenvalue weighted by atomic mass is 10.1. The van der Waals surface area contributed by atoms with Crippen molar-refractivity contribution >= 4 is 21.6 Å². The Morgan fingerprint density at radius 3 is 2.56 bits per heavy atom. The van der Waals surface area contributed by atoms with Gasteiger partial charge in [-0.05, 0) is 31.9 Å². The molecule has 0 aromatic heterocycles. The van der Waals surface area contributed by atoms with Crippen LogP contribution in [-0.2, 0) is 16.4 Å². The Balaban J connectivity index is 2.66. The number of halogens is 1. The number of benzene rings is 1. The summed E-state index contributed by atoms with van der Waals surface area (Å²) in [5.41, 5.74) is 0.954. The third-order valence-electron chi connectivity index (χ3n) is 2.24. The monoisotopic (exact) mass is 261 g/mol. The Morgan fingerprint density at radius 2 is 2.00 bits per heavy atom. The molecule has 5 heteroatoms. The quantitative estimate of drug-likeness (QED) is 0.883. The molecule has 0 aliphatic rings. The SMILES string of the molecule is CCS(=O)(=O)N[C@H](C)Cc1ccccc1Cl. The molecule has 1 N–H and O–H groups in total. The van der Waals surface area contributed by atoms with Crippen molar-refractivity contribution in [2.24, 2.45) is 0 Å². The van der Waals surface area contributed by atoms with Crippen molar-refractivity contribution in [2.75, 3.05) is 5.75 Å². The summed E-state index contributed by atoms with van der Waals surface area (Å²) in [6.07, 6.45) is 0.596. The zero-order valence-electron chi connectivity index (χ0n) is 9.40. The Morgan fingerprint density at radius 1 is 1.38 bits per heavy atom. The molecule has 0 aliphatic heterocycles. The molecule has 0 bridgehead atoms. The average molecular weight is 262 g/mol. The van der Waals surface area contributed by atoms with Gasteiger partial charge in [0.05, 0.1) is 5.75 Å². The van der Waals surface area contributed by atoms with E-state index in [0.717, 1.165) is 5.56 Å². The van der Waals surface area contributed by atoms with Crippen LogP contribution in [0.3, 0.4) is 0 Å². The smallest absolute Gasteiger partial charge is 0.211 e. The van der Waals surface area contributed by atoms with Crippen molar-refractivity contribution in [3.8, 4) is 0 Å². The standard InChI is InChI=1S/C11H16ClNO2S/c1-3-16(14,15)13-9(2)8-10-6-4-5-7-11(10)12/h4-7,9,13H,3,8H2,1-2H3/t9-/m1/s1. The molecule has 16 heavy (non-hydrogen) atoms. The predicted octanol–water partition coefficient (Wildman–Crippen LogP) is 2.21. The van der Waals surface area contributed by atoms with Crippen molar-refractivity contribution in [1.29, 1.82) is 0 Å². The molecule has 3 nitrogen and oxygen atoms in total. The summed E-state index contributed by atoms with van der Waals surface area (Å²) in [5, 5.41) is 0.671. The molecule has 0 aliphatic carbocycles. The number of rotatable bonds is 5. The first kappa shape index (κ1) is 13.5.